The molecule has 0 atom stereocenters. The molecule has 1 aliphatic rings. The molecule has 0 unspecified atom stereocenters. The molecule has 0 saturated heterocycles. The maximum atomic E-state index is 12.0. The molecule has 0 saturated carbocycles. The van der Waals surface area contributed by atoms with Crippen molar-refractivity contribution in [3.05, 3.63) is 70.3 Å². The SMILES string of the molecule is COc1ccc2c(c1)C(/C(=C/c1ccc(S(N)(=O)=O)cc1)C(=O)O)=C(C)C2. The fraction of sp³-hybridized carbons (Fsp3) is 0.150. The Hall–Kier alpha value is -2.90. The van der Waals surface area contributed by atoms with Gasteiger partial charge in [-0.05, 0) is 65.9 Å². The van der Waals surface area contributed by atoms with Crippen LogP contribution < -0.4 is 9.88 Å². The third-order valence-corrected chi connectivity index (χ3v) is 5.42. The fourth-order valence-electron chi connectivity index (χ4n) is 3.21. The molecule has 1 aliphatic carbocycles. The second-order valence-electron chi connectivity index (χ2n) is 6.33. The highest BCUT2D eigenvalue weighted by Crippen LogP contribution is 2.40. The number of allylic oxidation sites excluding steroid dienone is 1. The number of nitrogens with two attached hydrogens (primary N) is 1. The molecule has 7 heteroatoms. The summed E-state index contributed by atoms with van der Waals surface area (Å²) in [5.41, 5.74) is 4.20. The Morgan fingerprint density at radius 1 is 1.19 bits per heavy atom. The topological polar surface area (TPSA) is 107 Å². The average molecular weight is 385 g/mol. The first kappa shape index (κ1) is 18.9. The van der Waals surface area contributed by atoms with Gasteiger partial charge in [-0.1, -0.05) is 23.8 Å². The smallest absolute Gasteiger partial charge is 0.336 e. The molecule has 0 fully saturated rings. The summed E-state index contributed by atoms with van der Waals surface area (Å²) in [6.45, 7) is 1.91. The molecule has 2 aromatic carbocycles. The van der Waals surface area contributed by atoms with E-state index in [-0.39, 0.29) is 10.5 Å². The minimum atomic E-state index is -3.80. The first-order valence-corrected chi connectivity index (χ1v) is 9.70. The van der Waals surface area contributed by atoms with Crippen LogP contribution in [0.4, 0.5) is 0 Å². The Kier molecular flexibility index (Phi) is 4.91. The van der Waals surface area contributed by atoms with Crippen molar-refractivity contribution in [2.24, 2.45) is 5.14 Å². The van der Waals surface area contributed by atoms with Gasteiger partial charge in [0.15, 0.2) is 0 Å². The molecule has 2 aromatic rings. The van der Waals surface area contributed by atoms with Crippen LogP contribution in [0.15, 0.2) is 58.5 Å². The number of carboxylic acid groups (broad SMARTS) is 1. The Labute approximate surface area is 157 Å². The molecule has 0 bridgehead atoms. The van der Waals surface area contributed by atoms with Crippen molar-refractivity contribution in [3.63, 3.8) is 0 Å². The summed E-state index contributed by atoms with van der Waals surface area (Å²) in [4.78, 5) is 12.0. The van der Waals surface area contributed by atoms with Crippen LogP contribution in [0.5, 0.6) is 5.75 Å². The minimum absolute atomic E-state index is 0.0251. The summed E-state index contributed by atoms with van der Waals surface area (Å²) in [6, 6.07) is 11.4. The number of hydrogen-bond acceptors (Lipinski definition) is 4. The zero-order valence-electron chi connectivity index (χ0n) is 14.9. The predicted molar refractivity (Wildman–Crippen MR) is 103 cm³/mol. The molecule has 0 heterocycles. The number of carboxylic acids is 1. The lowest BCUT2D eigenvalue weighted by atomic mass is 9.95. The zero-order valence-corrected chi connectivity index (χ0v) is 15.7. The van der Waals surface area contributed by atoms with Gasteiger partial charge in [0.25, 0.3) is 0 Å². The number of primary sulfonamides is 1. The zero-order chi connectivity index (χ0) is 19.8. The first-order chi connectivity index (χ1) is 12.7. The average Bonchev–Trinajstić information content (AvgIpc) is 2.93. The molecule has 3 N–H and O–H groups in total. The van der Waals surface area contributed by atoms with Crippen molar-refractivity contribution in [2.45, 2.75) is 18.2 Å². The molecule has 140 valence electrons. The van der Waals surface area contributed by atoms with Crippen molar-refractivity contribution >= 4 is 27.6 Å². The minimum Gasteiger partial charge on any atom is -0.497 e. The van der Waals surface area contributed by atoms with Crippen LogP contribution in [0.25, 0.3) is 11.6 Å². The van der Waals surface area contributed by atoms with Gasteiger partial charge in [-0.15, -0.1) is 0 Å². The van der Waals surface area contributed by atoms with Gasteiger partial charge in [-0.3, -0.25) is 0 Å². The third-order valence-electron chi connectivity index (χ3n) is 4.49. The van der Waals surface area contributed by atoms with Crippen molar-refractivity contribution < 1.29 is 23.1 Å². The second kappa shape index (κ2) is 7.02. The number of carbonyl (C=O) groups is 1. The largest absolute Gasteiger partial charge is 0.497 e. The highest BCUT2D eigenvalue weighted by atomic mass is 32.2. The molecule has 0 spiro atoms. The number of methoxy groups -OCH3 is 1. The van der Waals surface area contributed by atoms with E-state index in [0.717, 1.165) is 16.7 Å². The number of rotatable bonds is 5. The van der Waals surface area contributed by atoms with Gasteiger partial charge < -0.3 is 9.84 Å². The number of benzene rings is 2. The number of sulfonamides is 1. The molecule has 0 aromatic heterocycles. The van der Waals surface area contributed by atoms with Gasteiger partial charge >= 0.3 is 5.97 Å². The van der Waals surface area contributed by atoms with Crippen LogP contribution in [0.2, 0.25) is 0 Å². The summed E-state index contributed by atoms with van der Waals surface area (Å²) in [5, 5.41) is 14.9. The maximum absolute atomic E-state index is 12.0. The number of aliphatic carboxylic acids is 1. The van der Waals surface area contributed by atoms with E-state index in [0.29, 0.717) is 23.3 Å². The van der Waals surface area contributed by atoms with Crippen molar-refractivity contribution in [2.75, 3.05) is 7.11 Å². The lowest BCUT2D eigenvalue weighted by Gasteiger charge is -2.10. The van der Waals surface area contributed by atoms with Gasteiger partial charge in [-0.2, -0.15) is 0 Å². The number of ether oxygens (including phenoxy) is 1. The Morgan fingerprint density at radius 3 is 2.41 bits per heavy atom. The third kappa shape index (κ3) is 3.79. The predicted octanol–water partition coefficient (Wildman–Crippen LogP) is 2.84. The van der Waals surface area contributed by atoms with Crippen molar-refractivity contribution in [1.82, 2.24) is 0 Å². The van der Waals surface area contributed by atoms with Crippen LogP contribution in [0, 0.1) is 0 Å². The summed E-state index contributed by atoms with van der Waals surface area (Å²) >= 11 is 0. The van der Waals surface area contributed by atoms with Crippen LogP contribution in [-0.4, -0.2) is 26.6 Å². The Morgan fingerprint density at radius 2 is 1.85 bits per heavy atom. The van der Waals surface area contributed by atoms with Gasteiger partial charge in [0.2, 0.25) is 10.0 Å². The standard InChI is InChI=1S/C20H19NO5S/c1-12-9-14-5-6-15(26-2)11-17(14)19(12)18(20(22)23)10-13-3-7-16(8-4-13)27(21,24)25/h3-8,10-11H,9H2,1-2H3,(H,22,23)(H2,21,24,25)/b18-10-. The van der Waals surface area contributed by atoms with Crippen LogP contribution in [0.1, 0.15) is 23.6 Å². The molecule has 6 nitrogen and oxygen atoms in total. The van der Waals surface area contributed by atoms with E-state index in [1.165, 1.54) is 30.3 Å². The van der Waals surface area contributed by atoms with E-state index < -0.39 is 16.0 Å². The van der Waals surface area contributed by atoms with E-state index >= 15 is 0 Å². The van der Waals surface area contributed by atoms with Gasteiger partial charge in [0.05, 0.1) is 17.6 Å². The fourth-order valence-corrected chi connectivity index (χ4v) is 3.73. The van der Waals surface area contributed by atoms with Gasteiger partial charge in [-0.25, -0.2) is 18.4 Å². The Balaban J connectivity index is 2.09. The second-order valence-corrected chi connectivity index (χ2v) is 7.89. The first-order valence-electron chi connectivity index (χ1n) is 8.16. The van der Waals surface area contributed by atoms with E-state index in [2.05, 4.69) is 0 Å². The maximum Gasteiger partial charge on any atom is 0.336 e. The summed E-state index contributed by atoms with van der Waals surface area (Å²) in [7, 11) is -2.23. The van der Waals surface area contributed by atoms with E-state index in [9.17, 15) is 18.3 Å². The van der Waals surface area contributed by atoms with Gasteiger partial charge in [0, 0.05) is 0 Å². The monoisotopic (exact) mass is 385 g/mol. The van der Waals surface area contributed by atoms with Crippen LogP contribution >= 0.6 is 0 Å². The van der Waals surface area contributed by atoms with E-state index in [1.54, 1.807) is 7.11 Å². The summed E-state index contributed by atoms with van der Waals surface area (Å²) in [6.07, 6.45) is 2.20. The van der Waals surface area contributed by atoms with E-state index in [4.69, 9.17) is 9.88 Å². The summed E-state index contributed by atoms with van der Waals surface area (Å²) in [5.74, 6) is -0.404. The lowest BCUT2D eigenvalue weighted by molar-refractivity contribution is -0.132. The number of fused-ring (bicyclic) bond motifs is 1. The quantitative estimate of drug-likeness (QED) is 0.770. The molecule has 0 amide bonds. The van der Waals surface area contributed by atoms with E-state index in [1.807, 2.05) is 25.1 Å². The van der Waals surface area contributed by atoms with Crippen LogP contribution in [0.3, 0.4) is 0 Å². The molecule has 3 rings (SSSR count). The number of hydrogen-bond donors (Lipinski definition) is 2. The molecular formula is C20H19NO5S. The molecular weight excluding hydrogens is 366 g/mol. The van der Waals surface area contributed by atoms with Crippen molar-refractivity contribution in [1.29, 1.82) is 0 Å². The summed E-state index contributed by atoms with van der Waals surface area (Å²) < 4.78 is 28.0. The molecule has 0 radical (unpaired) electrons. The van der Waals surface area contributed by atoms with Gasteiger partial charge in [0.1, 0.15) is 5.75 Å². The normalized spacial score (nSPS) is 14.3. The molecule has 27 heavy (non-hydrogen) atoms. The highest BCUT2D eigenvalue weighted by Gasteiger charge is 2.26. The van der Waals surface area contributed by atoms with Crippen molar-refractivity contribution in [3.8, 4) is 5.75 Å². The van der Waals surface area contributed by atoms with Crippen LogP contribution in [-0.2, 0) is 21.2 Å². The molecule has 0 aliphatic heterocycles. The Bertz CT molecular complexity index is 1080. The lowest BCUT2D eigenvalue weighted by Crippen LogP contribution is -2.11. The highest BCUT2D eigenvalue weighted by molar-refractivity contribution is 7.89.